The second-order valence-electron chi connectivity index (χ2n) is 4.74. The number of ether oxygens (including phenoxy) is 1. The maximum absolute atomic E-state index is 12.0. The van der Waals surface area contributed by atoms with Crippen LogP contribution in [-0.4, -0.2) is 36.3 Å². The minimum absolute atomic E-state index is 0.0418. The molecule has 7 nitrogen and oxygen atoms in total. The molecule has 1 rings (SSSR count). The van der Waals surface area contributed by atoms with Crippen LogP contribution in [-0.2, 0) is 24.8 Å². The van der Waals surface area contributed by atoms with E-state index in [4.69, 9.17) is 9.88 Å². The number of benzene rings is 1. The summed E-state index contributed by atoms with van der Waals surface area (Å²) in [6, 6.07) is 2.69. The van der Waals surface area contributed by atoms with Crippen LogP contribution < -0.4 is 9.86 Å². The predicted molar refractivity (Wildman–Crippen MR) is 81.2 cm³/mol. The lowest BCUT2D eigenvalue weighted by atomic mass is 10.1. The third kappa shape index (κ3) is 5.27. The highest BCUT2D eigenvalue weighted by molar-refractivity contribution is 7.92. The van der Waals surface area contributed by atoms with E-state index < -0.39 is 20.0 Å². The first kappa shape index (κ1) is 17.9. The molecule has 1 aromatic carbocycles. The largest absolute Gasteiger partial charge is 0.385 e. The third-order valence-electron chi connectivity index (χ3n) is 2.85. The van der Waals surface area contributed by atoms with Crippen molar-refractivity contribution in [1.82, 2.24) is 0 Å². The summed E-state index contributed by atoms with van der Waals surface area (Å²) in [5, 5.41) is 5.07. The number of aryl methyl sites for hydroxylation is 2. The lowest BCUT2D eigenvalue weighted by molar-refractivity contribution is 0.199. The summed E-state index contributed by atoms with van der Waals surface area (Å²) < 4.78 is 53.9. The molecule has 0 aliphatic carbocycles. The minimum atomic E-state index is -3.82. The van der Waals surface area contributed by atoms with Crippen molar-refractivity contribution in [3.63, 3.8) is 0 Å². The molecule has 3 N–H and O–H groups in total. The summed E-state index contributed by atoms with van der Waals surface area (Å²) in [5.74, 6) is -0.0728. The van der Waals surface area contributed by atoms with Crippen molar-refractivity contribution in [2.24, 2.45) is 5.14 Å². The highest BCUT2D eigenvalue weighted by Gasteiger charge is 2.17. The first-order valence-corrected chi connectivity index (χ1v) is 9.40. The van der Waals surface area contributed by atoms with Gasteiger partial charge in [0.2, 0.25) is 20.0 Å². The lowest BCUT2D eigenvalue weighted by Crippen LogP contribution is -2.20. The summed E-state index contributed by atoms with van der Waals surface area (Å²) in [4.78, 5) is -0.0418. The van der Waals surface area contributed by atoms with Crippen molar-refractivity contribution in [2.45, 2.75) is 25.2 Å². The molecule has 0 aliphatic heterocycles. The van der Waals surface area contributed by atoms with Gasteiger partial charge < -0.3 is 4.74 Å². The maximum atomic E-state index is 12.0. The molecule has 0 spiro atoms. The van der Waals surface area contributed by atoms with Crippen LogP contribution in [0.25, 0.3) is 0 Å². The number of primary sulfonamides is 1. The Labute approximate surface area is 125 Å². The van der Waals surface area contributed by atoms with Crippen LogP contribution >= 0.6 is 0 Å². The van der Waals surface area contributed by atoms with Crippen LogP contribution in [0.15, 0.2) is 17.0 Å². The molecule has 0 saturated heterocycles. The van der Waals surface area contributed by atoms with Gasteiger partial charge >= 0.3 is 0 Å². The fraction of sp³-hybridized carbons (Fsp3) is 0.500. The van der Waals surface area contributed by atoms with E-state index in [1.165, 1.54) is 19.2 Å². The minimum Gasteiger partial charge on any atom is -0.385 e. The average molecular weight is 336 g/mol. The molecule has 0 radical (unpaired) electrons. The zero-order valence-corrected chi connectivity index (χ0v) is 13.8. The molecule has 9 heteroatoms. The van der Waals surface area contributed by atoms with Gasteiger partial charge in [-0.25, -0.2) is 22.0 Å². The van der Waals surface area contributed by atoms with Crippen molar-refractivity contribution in [3.8, 4) is 0 Å². The number of hydrogen-bond acceptors (Lipinski definition) is 5. The summed E-state index contributed by atoms with van der Waals surface area (Å²) in [5.41, 5.74) is 1.36. The number of nitrogens with one attached hydrogen (secondary N) is 1. The zero-order valence-electron chi connectivity index (χ0n) is 12.2. The Morgan fingerprint density at radius 2 is 1.67 bits per heavy atom. The van der Waals surface area contributed by atoms with E-state index in [-0.39, 0.29) is 10.6 Å². The zero-order chi connectivity index (χ0) is 16.3. The molecule has 21 heavy (non-hydrogen) atoms. The van der Waals surface area contributed by atoms with Crippen LogP contribution in [0.4, 0.5) is 5.69 Å². The summed E-state index contributed by atoms with van der Waals surface area (Å²) in [6.07, 6.45) is 0.374. The van der Waals surface area contributed by atoms with Gasteiger partial charge in [0.1, 0.15) is 0 Å². The predicted octanol–water partition coefficient (Wildman–Crippen LogP) is 0.729. The van der Waals surface area contributed by atoms with Crippen molar-refractivity contribution < 1.29 is 21.6 Å². The lowest BCUT2D eigenvalue weighted by Gasteiger charge is -2.14. The van der Waals surface area contributed by atoms with Gasteiger partial charge in [0, 0.05) is 13.7 Å². The Balaban J connectivity index is 3.05. The Bertz CT molecular complexity index is 688. The fourth-order valence-electron chi connectivity index (χ4n) is 1.85. The van der Waals surface area contributed by atoms with Crippen molar-refractivity contribution >= 4 is 25.7 Å². The fourth-order valence-corrected chi connectivity index (χ4v) is 3.76. The molecule has 0 aromatic heterocycles. The van der Waals surface area contributed by atoms with E-state index in [1.54, 1.807) is 13.8 Å². The standard InChI is InChI=1S/C12H20N2O5S2/c1-9-7-11(21(13,17)18)8-10(2)12(9)14-20(15,16)6-4-5-19-3/h7-8,14H,4-6H2,1-3H3,(H2,13,17,18). The van der Waals surface area contributed by atoms with E-state index in [1.807, 2.05) is 0 Å². The van der Waals surface area contributed by atoms with Crippen molar-refractivity contribution in [1.29, 1.82) is 0 Å². The van der Waals surface area contributed by atoms with E-state index >= 15 is 0 Å². The molecule has 0 aliphatic rings. The van der Waals surface area contributed by atoms with E-state index in [9.17, 15) is 16.8 Å². The molecule has 0 unspecified atom stereocenters. The van der Waals surface area contributed by atoms with Crippen LogP contribution in [0.1, 0.15) is 17.5 Å². The van der Waals surface area contributed by atoms with Gasteiger partial charge in [-0.05, 0) is 43.5 Å². The van der Waals surface area contributed by atoms with Crippen LogP contribution in [0.5, 0.6) is 0 Å². The molecule has 0 saturated carbocycles. The second-order valence-corrected chi connectivity index (χ2v) is 8.15. The topological polar surface area (TPSA) is 116 Å². The number of hydrogen-bond donors (Lipinski definition) is 2. The molecule has 0 bridgehead atoms. The molecular weight excluding hydrogens is 316 g/mol. The van der Waals surface area contributed by atoms with Crippen molar-refractivity contribution in [3.05, 3.63) is 23.3 Å². The Morgan fingerprint density at radius 1 is 1.14 bits per heavy atom. The second kappa shape index (κ2) is 6.73. The van der Waals surface area contributed by atoms with Crippen LogP contribution in [0.2, 0.25) is 0 Å². The number of nitrogens with two attached hydrogens (primary N) is 1. The highest BCUT2D eigenvalue weighted by atomic mass is 32.2. The quantitative estimate of drug-likeness (QED) is 0.712. The number of rotatable bonds is 7. The molecule has 0 heterocycles. The third-order valence-corrected chi connectivity index (χ3v) is 5.09. The Hall–Kier alpha value is -1.16. The van der Waals surface area contributed by atoms with Gasteiger partial charge in [-0.3, -0.25) is 4.72 Å². The number of anilines is 1. The molecule has 120 valence electrons. The van der Waals surface area contributed by atoms with E-state index in [0.717, 1.165) is 0 Å². The van der Waals surface area contributed by atoms with Gasteiger partial charge in [0.15, 0.2) is 0 Å². The number of methoxy groups -OCH3 is 1. The maximum Gasteiger partial charge on any atom is 0.238 e. The molecule has 1 aromatic rings. The first-order chi connectivity index (χ1) is 9.57. The summed E-state index contributed by atoms with van der Waals surface area (Å²) >= 11 is 0. The van der Waals surface area contributed by atoms with Crippen LogP contribution in [0.3, 0.4) is 0 Å². The van der Waals surface area contributed by atoms with Gasteiger partial charge in [0.05, 0.1) is 16.3 Å². The Kier molecular flexibility index (Phi) is 5.74. The Morgan fingerprint density at radius 3 is 2.10 bits per heavy atom. The molecular formula is C12H20N2O5S2. The summed E-state index contributed by atoms with van der Waals surface area (Å²) in [6.45, 7) is 3.59. The van der Waals surface area contributed by atoms with E-state index in [2.05, 4.69) is 4.72 Å². The van der Waals surface area contributed by atoms with E-state index in [0.29, 0.717) is 29.8 Å². The normalized spacial score (nSPS) is 12.4. The molecule has 0 amide bonds. The highest BCUT2D eigenvalue weighted by Crippen LogP contribution is 2.25. The number of sulfonamides is 2. The smallest absolute Gasteiger partial charge is 0.238 e. The van der Waals surface area contributed by atoms with Gasteiger partial charge in [-0.15, -0.1) is 0 Å². The van der Waals surface area contributed by atoms with Gasteiger partial charge in [-0.1, -0.05) is 0 Å². The SMILES string of the molecule is COCCCS(=O)(=O)Nc1c(C)cc(S(N)(=O)=O)cc1C. The van der Waals surface area contributed by atoms with Gasteiger partial charge in [0.25, 0.3) is 0 Å². The average Bonchev–Trinajstić information content (AvgIpc) is 2.32. The van der Waals surface area contributed by atoms with Crippen LogP contribution in [0, 0.1) is 13.8 Å². The van der Waals surface area contributed by atoms with Gasteiger partial charge in [-0.2, -0.15) is 0 Å². The monoisotopic (exact) mass is 336 g/mol. The van der Waals surface area contributed by atoms with Crippen molar-refractivity contribution in [2.75, 3.05) is 24.2 Å². The summed E-state index contributed by atoms with van der Waals surface area (Å²) in [7, 11) is -5.83. The molecule has 0 atom stereocenters. The first-order valence-electron chi connectivity index (χ1n) is 6.20. The molecule has 0 fully saturated rings.